The van der Waals surface area contributed by atoms with Crippen LogP contribution < -0.4 is 10.9 Å². The van der Waals surface area contributed by atoms with Gasteiger partial charge in [-0.1, -0.05) is 36.4 Å². The zero-order valence-electron chi connectivity index (χ0n) is 12.3. The summed E-state index contributed by atoms with van der Waals surface area (Å²) in [5, 5.41) is 14.3. The number of fused-ring (bicyclic) bond motifs is 1. The minimum absolute atomic E-state index is 0.0254. The Balaban J connectivity index is 2.11. The predicted octanol–water partition coefficient (Wildman–Crippen LogP) is 2.78. The quantitative estimate of drug-likeness (QED) is 0.591. The zero-order chi connectivity index (χ0) is 16.4. The molecule has 1 atom stereocenters. The van der Waals surface area contributed by atoms with Gasteiger partial charge in [-0.05, 0) is 24.6 Å². The Morgan fingerprint density at radius 1 is 1.17 bits per heavy atom. The van der Waals surface area contributed by atoms with Gasteiger partial charge in [-0.3, -0.25) is 19.3 Å². The highest BCUT2D eigenvalue weighted by Crippen LogP contribution is 2.23. The van der Waals surface area contributed by atoms with Crippen molar-refractivity contribution in [3.8, 4) is 0 Å². The molecule has 0 aliphatic heterocycles. The summed E-state index contributed by atoms with van der Waals surface area (Å²) in [6, 6.07) is 14.2. The lowest BCUT2D eigenvalue weighted by Gasteiger charge is -2.15. The molecule has 0 amide bonds. The maximum atomic E-state index is 12.4. The van der Waals surface area contributed by atoms with Gasteiger partial charge in [0, 0.05) is 6.20 Å². The second-order valence-corrected chi connectivity index (χ2v) is 5.08. The molecule has 3 aromatic rings. The summed E-state index contributed by atoms with van der Waals surface area (Å²) < 4.78 is 1.16. The Labute approximate surface area is 131 Å². The van der Waals surface area contributed by atoms with Crippen LogP contribution in [0.5, 0.6) is 0 Å². The first kappa shape index (κ1) is 14.7. The van der Waals surface area contributed by atoms with Gasteiger partial charge >= 0.3 is 11.2 Å². The molecule has 0 bridgehead atoms. The second kappa shape index (κ2) is 5.88. The van der Waals surface area contributed by atoms with Crippen molar-refractivity contribution in [2.45, 2.75) is 13.0 Å². The van der Waals surface area contributed by atoms with E-state index in [-0.39, 0.29) is 11.9 Å². The molecule has 3 rings (SSSR count). The summed E-state index contributed by atoms with van der Waals surface area (Å²) in [4.78, 5) is 27.2. The molecular weight excluding hydrogens is 296 g/mol. The van der Waals surface area contributed by atoms with E-state index in [1.807, 2.05) is 37.3 Å². The van der Waals surface area contributed by atoms with Crippen LogP contribution in [-0.4, -0.2) is 14.3 Å². The first-order valence-electron chi connectivity index (χ1n) is 7.05. The third-order valence-electron chi connectivity index (χ3n) is 3.55. The maximum absolute atomic E-state index is 12.4. The number of pyridine rings is 1. The zero-order valence-corrected chi connectivity index (χ0v) is 12.3. The van der Waals surface area contributed by atoms with Gasteiger partial charge in [-0.2, -0.15) is 0 Å². The van der Waals surface area contributed by atoms with Crippen molar-refractivity contribution >= 4 is 17.2 Å². The van der Waals surface area contributed by atoms with Gasteiger partial charge in [0.1, 0.15) is 5.65 Å². The molecule has 0 radical (unpaired) electrons. The normalized spacial score (nSPS) is 12.0. The van der Waals surface area contributed by atoms with Crippen molar-refractivity contribution in [3.05, 3.63) is 80.8 Å². The second-order valence-electron chi connectivity index (χ2n) is 5.08. The van der Waals surface area contributed by atoms with Gasteiger partial charge in [-0.25, -0.2) is 4.98 Å². The molecule has 116 valence electrons. The highest BCUT2D eigenvalue weighted by atomic mass is 16.6. The van der Waals surface area contributed by atoms with E-state index in [0.717, 1.165) is 9.96 Å². The lowest BCUT2D eigenvalue weighted by Crippen LogP contribution is -2.22. The van der Waals surface area contributed by atoms with E-state index in [0.29, 0.717) is 5.65 Å². The Kier molecular flexibility index (Phi) is 3.76. The molecule has 7 heteroatoms. The number of rotatable bonds is 4. The molecule has 7 nitrogen and oxygen atoms in total. The van der Waals surface area contributed by atoms with Gasteiger partial charge < -0.3 is 5.32 Å². The molecular formula is C16H14N4O3. The Hall–Kier alpha value is -3.22. The van der Waals surface area contributed by atoms with Gasteiger partial charge in [0.2, 0.25) is 5.82 Å². The Morgan fingerprint density at radius 3 is 2.57 bits per heavy atom. The van der Waals surface area contributed by atoms with E-state index in [1.165, 1.54) is 6.20 Å². The summed E-state index contributed by atoms with van der Waals surface area (Å²) >= 11 is 0. The maximum Gasteiger partial charge on any atom is 0.376 e. The van der Waals surface area contributed by atoms with Crippen LogP contribution in [0.1, 0.15) is 18.5 Å². The molecule has 0 aliphatic carbocycles. The van der Waals surface area contributed by atoms with Crippen molar-refractivity contribution in [2.75, 3.05) is 5.32 Å². The third kappa shape index (κ3) is 2.76. The molecule has 0 saturated carbocycles. The fraction of sp³-hybridized carbons (Fsp3) is 0.125. The Bertz CT molecular complexity index is 922. The van der Waals surface area contributed by atoms with E-state index in [9.17, 15) is 14.9 Å². The van der Waals surface area contributed by atoms with E-state index >= 15 is 0 Å². The molecule has 0 spiro atoms. The monoisotopic (exact) mass is 310 g/mol. The molecule has 2 heterocycles. The average molecular weight is 310 g/mol. The first-order chi connectivity index (χ1) is 11.1. The van der Waals surface area contributed by atoms with E-state index in [4.69, 9.17) is 0 Å². The molecule has 0 fully saturated rings. The molecule has 1 aromatic carbocycles. The van der Waals surface area contributed by atoms with Crippen molar-refractivity contribution in [2.24, 2.45) is 0 Å². The molecule has 1 unspecified atom stereocenters. The number of nitrogens with zero attached hydrogens (tertiary/aromatic N) is 3. The highest BCUT2D eigenvalue weighted by molar-refractivity contribution is 5.60. The Morgan fingerprint density at radius 2 is 1.87 bits per heavy atom. The molecule has 0 aliphatic rings. The minimum atomic E-state index is -0.705. The minimum Gasteiger partial charge on any atom is -0.358 e. The fourth-order valence-corrected chi connectivity index (χ4v) is 2.38. The number of benzene rings is 1. The van der Waals surface area contributed by atoms with Crippen LogP contribution in [0.2, 0.25) is 0 Å². The molecule has 1 N–H and O–H groups in total. The number of aromatic nitrogens is 2. The van der Waals surface area contributed by atoms with Crippen LogP contribution in [-0.2, 0) is 0 Å². The molecule has 23 heavy (non-hydrogen) atoms. The SMILES string of the molecule is CC(Nc1nc2ccccn2c(=O)c1[N+](=O)[O-])c1ccccc1. The number of nitro groups is 1. The van der Waals surface area contributed by atoms with Crippen molar-refractivity contribution in [3.63, 3.8) is 0 Å². The van der Waals surface area contributed by atoms with Crippen molar-refractivity contribution < 1.29 is 4.92 Å². The van der Waals surface area contributed by atoms with Crippen LogP contribution in [0, 0.1) is 10.1 Å². The van der Waals surface area contributed by atoms with Crippen LogP contribution in [0.15, 0.2) is 59.5 Å². The number of anilines is 1. The van der Waals surface area contributed by atoms with Crippen LogP contribution in [0.3, 0.4) is 0 Å². The highest BCUT2D eigenvalue weighted by Gasteiger charge is 2.24. The van der Waals surface area contributed by atoms with Crippen LogP contribution >= 0.6 is 0 Å². The number of hydrogen-bond donors (Lipinski definition) is 1. The van der Waals surface area contributed by atoms with Crippen LogP contribution in [0.25, 0.3) is 5.65 Å². The fourth-order valence-electron chi connectivity index (χ4n) is 2.38. The summed E-state index contributed by atoms with van der Waals surface area (Å²) in [6.07, 6.45) is 1.46. The van der Waals surface area contributed by atoms with E-state index in [2.05, 4.69) is 10.3 Å². The standard InChI is InChI=1S/C16H14N4O3/c1-11(12-7-3-2-4-8-12)17-15-14(20(22)23)16(21)19-10-6-5-9-13(19)18-15/h2-11,17H,1H3. The van der Waals surface area contributed by atoms with Gasteiger partial charge in [0.25, 0.3) is 0 Å². The number of hydrogen-bond acceptors (Lipinski definition) is 5. The first-order valence-corrected chi connectivity index (χ1v) is 7.05. The summed E-state index contributed by atoms with van der Waals surface area (Å²) in [5.74, 6) is -0.0254. The molecule has 0 saturated heterocycles. The summed E-state index contributed by atoms with van der Waals surface area (Å²) in [7, 11) is 0. The lowest BCUT2D eigenvalue weighted by molar-refractivity contribution is -0.385. The lowest BCUT2D eigenvalue weighted by atomic mass is 10.1. The van der Waals surface area contributed by atoms with Gasteiger partial charge in [-0.15, -0.1) is 0 Å². The number of nitrogens with one attached hydrogen (secondary N) is 1. The molecule has 2 aromatic heterocycles. The third-order valence-corrected chi connectivity index (χ3v) is 3.55. The van der Waals surface area contributed by atoms with Crippen molar-refractivity contribution in [1.29, 1.82) is 0 Å². The van der Waals surface area contributed by atoms with E-state index < -0.39 is 16.2 Å². The predicted molar refractivity (Wildman–Crippen MR) is 86.6 cm³/mol. The van der Waals surface area contributed by atoms with Gasteiger partial charge in [0.05, 0.1) is 11.0 Å². The smallest absolute Gasteiger partial charge is 0.358 e. The van der Waals surface area contributed by atoms with E-state index in [1.54, 1.807) is 18.2 Å². The van der Waals surface area contributed by atoms with Crippen molar-refractivity contribution in [1.82, 2.24) is 9.38 Å². The average Bonchev–Trinajstić information content (AvgIpc) is 2.55. The summed E-state index contributed by atoms with van der Waals surface area (Å²) in [6.45, 7) is 1.85. The topological polar surface area (TPSA) is 89.5 Å². The van der Waals surface area contributed by atoms with Gasteiger partial charge in [0.15, 0.2) is 0 Å². The van der Waals surface area contributed by atoms with Crippen LogP contribution in [0.4, 0.5) is 11.5 Å². The largest absolute Gasteiger partial charge is 0.376 e. The summed E-state index contributed by atoms with van der Waals surface area (Å²) in [5.41, 5.74) is 0.0302.